The van der Waals surface area contributed by atoms with Crippen molar-refractivity contribution in [1.82, 2.24) is 4.90 Å². The Kier molecular flexibility index (Phi) is 5.06. The van der Waals surface area contributed by atoms with E-state index in [4.69, 9.17) is 5.11 Å². The van der Waals surface area contributed by atoms with E-state index in [-0.39, 0.29) is 25.0 Å². The first kappa shape index (κ1) is 14.9. The zero-order chi connectivity index (χ0) is 14.5. The summed E-state index contributed by atoms with van der Waals surface area (Å²) in [5.74, 6) is -0.656. The molecule has 1 aliphatic carbocycles. The average molecular weight is 283 g/mol. The molecule has 1 atom stereocenters. The summed E-state index contributed by atoms with van der Waals surface area (Å²) in [6.45, 7) is -0.952. The molecule has 0 fully saturated rings. The molecule has 0 spiro atoms. The number of aliphatic hydroxyl groups excluding tert-OH is 1. The molecule has 0 radical (unpaired) electrons. The van der Waals surface area contributed by atoms with Gasteiger partial charge in [0.05, 0.1) is 19.1 Å². The van der Waals surface area contributed by atoms with Gasteiger partial charge in [0.1, 0.15) is 0 Å². The Balaban J connectivity index is 2.19. The van der Waals surface area contributed by atoms with Crippen LogP contribution in [-0.4, -0.2) is 42.0 Å². The topological polar surface area (TPSA) is 40.5 Å². The van der Waals surface area contributed by atoms with Crippen LogP contribution in [0.5, 0.6) is 0 Å². The molecule has 0 aliphatic heterocycles. The molecule has 1 N–H and O–H groups in total. The molecule has 0 bridgehead atoms. The number of nitrogens with zero attached hydrogens (tertiary/aromatic N) is 1. The van der Waals surface area contributed by atoms with Crippen molar-refractivity contribution in [2.45, 2.75) is 31.6 Å². The van der Waals surface area contributed by atoms with Crippen LogP contribution in [0.15, 0.2) is 24.3 Å². The summed E-state index contributed by atoms with van der Waals surface area (Å²) in [6.07, 6.45) is -0.0884. The number of hydrogen-bond donors (Lipinski definition) is 1. The number of aryl methyl sites for hydroxylation is 1. The highest BCUT2D eigenvalue weighted by Gasteiger charge is 2.30. The highest BCUT2D eigenvalue weighted by Crippen LogP contribution is 2.32. The van der Waals surface area contributed by atoms with Gasteiger partial charge in [0, 0.05) is 6.54 Å². The quantitative estimate of drug-likeness (QED) is 0.900. The van der Waals surface area contributed by atoms with E-state index in [1.165, 1.54) is 0 Å². The van der Waals surface area contributed by atoms with Gasteiger partial charge in [0.15, 0.2) is 0 Å². The number of benzene rings is 1. The van der Waals surface area contributed by atoms with Crippen molar-refractivity contribution >= 4 is 5.91 Å². The zero-order valence-electron chi connectivity index (χ0n) is 11.3. The van der Waals surface area contributed by atoms with E-state index >= 15 is 0 Å². The lowest BCUT2D eigenvalue weighted by Crippen LogP contribution is -2.41. The third kappa shape index (κ3) is 3.33. The first-order valence-electron chi connectivity index (χ1n) is 6.89. The molecule has 1 unspecified atom stereocenters. The number of hydrogen-bond acceptors (Lipinski definition) is 2. The van der Waals surface area contributed by atoms with Gasteiger partial charge in [0.2, 0.25) is 5.91 Å². The largest absolute Gasteiger partial charge is 0.395 e. The minimum absolute atomic E-state index is 0.0398. The van der Waals surface area contributed by atoms with Gasteiger partial charge in [-0.2, -0.15) is 0 Å². The van der Waals surface area contributed by atoms with Crippen LogP contribution < -0.4 is 0 Å². The van der Waals surface area contributed by atoms with Crippen LogP contribution in [0.25, 0.3) is 0 Å². The Labute approximate surface area is 117 Å². The molecule has 2 rings (SSSR count). The number of rotatable bonds is 5. The average Bonchev–Trinajstić information content (AvgIpc) is 2.45. The van der Waals surface area contributed by atoms with Gasteiger partial charge in [-0.3, -0.25) is 4.79 Å². The molecule has 110 valence electrons. The number of alkyl halides is 2. The normalized spacial score (nSPS) is 17.9. The van der Waals surface area contributed by atoms with Gasteiger partial charge in [-0.05, 0) is 30.4 Å². The molecule has 0 saturated heterocycles. The van der Waals surface area contributed by atoms with E-state index < -0.39 is 13.0 Å². The molecule has 1 aromatic rings. The molecular formula is C15H19F2NO2. The maximum absolute atomic E-state index is 12.6. The van der Waals surface area contributed by atoms with Crippen molar-refractivity contribution in [3.63, 3.8) is 0 Å². The molecule has 0 aromatic heterocycles. The number of halogens is 2. The van der Waals surface area contributed by atoms with E-state index in [9.17, 15) is 13.6 Å². The first-order chi connectivity index (χ1) is 9.63. The molecule has 1 aliphatic rings. The molecule has 3 nitrogen and oxygen atoms in total. The third-order valence-electron chi connectivity index (χ3n) is 3.71. The number of amides is 1. The Morgan fingerprint density at radius 2 is 2.15 bits per heavy atom. The van der Waals surface area contributed by atoms with Gasteiger partial charge < -0.3 is 10.0 Å². The van der Waals surface area contributed by atoms with Gasteiger partial charge in [-0.25, -0.2) is 8.78 Å². The van der Waals surface area contributed by atoms with E-state index in [0.717, 1.165) is 28.9 Å². The summed E-state index contributed by atoms with van der Waals surface area (Å²) in [5, 5.41) is 8.95. The van der Waals surface area contributed by atoms with E-state index in [1.807, 2.05) is 24.3 Å². The SMILES string of the molecule is O=C(C1CCCc2ccccc21)N(CCO)CC(F)F. The van der Waals surface area contributed by atoms with Crippen molar-refractivity contribution in [3.8, 4) is 0 Å². The highest BCUT2D eigenvalue weighted by molar-refractivity contribution is 5.84. The van der Waals surface area contributed by atoms with Crippen LogP contribution in [0.4, 0.5) is 8.78 Å². The summed E-state index contributed by atoms with van der Waals surface area (Å²) in [5.41, 5.74) is 2.07. The second kappa shape index (κ2) is 6.79. The molecule has 20 heavy (non-hydrogen) atoms. The van der Waals surface area contributed by atoms with Gasteiger partial charge in [-0.15, -0.1) is 0 Å². The van der Waals surface area contributed by atoms with Crippen LogP contribution in [0.3, 0.4) is 0 Å². The monoisotopic (exact) mass is 283 g/mol. The summed E-state index contributed by atoms with van der Waals surface area (Å²) < 4.78 is 25.1. The van der Waals surface area contributed by atoms with Gasteiger partial charge in [0.25, 0.3) is 6.43 Å². The summed E-state index contributed by atoms with van der Waals surface area (Å²) in [7, 11) is 0. The maximum atomic E-state index is 12.6. The predicted octanol–water partition coefficient (Wildman–Crippen LogP) is 2.19. The van der Waals surface area contributed by atoms with Crippen molar-refractivity contribution in [1.29, 1.82) is 0 Å². The smallest absolute Gasteiger partial charge is 0.255 e. The van der Waals surface area contributed by atoms with E-state index in [1.54, 1.807) is 0 Å². The van der Waals surface area contributed by atoms with Crippen LogP contribution >= 0.6 is 0 Å². The second-order valence-electron chi connectivity index (χ2n) is 5.04. The van der Waals surface area contributed by atoms with Crippen LogP contribution in [0.2, 0.25) is 0 Å². The third-order valence-corrected chi connectivity index (χ3v) is 3.71. The van der Waals surface area contributed by atoms with Crippen LogP contribution in [0.1, 0.15) is 29.9 Å². The lowest BCUT2D eigenvalue weighted by Gasteiger charge is -2.30. The molecular weight excluding hydrogens is 264 g/mol. The first-order valence-corrected chi connectivity index (χ1v) is 6.89. The molecule has 5 heteroatoms. The second-order valence-corrected chi connectivity index (χ2v) is 5.04. The fourth-order valence-corrected chi connectivity index (χ4v) is 2.81. The van der Waals surface area contributed by atoms with Gasteiger partial charge >= 0.3 is 0 Å². The standard InChI is InChI=1S/C15H19F2NO2/c16-14(17)10-18(8-9-19)15(20)13-7-3-5-11-4-1-2-6-12(11)13/h1-2,4,6,13-14,19H,3,5,7-10H2. The fourth-order valence-electron chi connectivity index (χ4n) is 2.81. The molecule has 1 amide bonds. The number of carbonyl (C=O) groups excluding carboxylic acids is 1. The zero-order valence-corrected chi connectivity index (χ0v) is 11.3. The minimum Gasteiger partial charge on any atom is -0.395 e. The lowest BCUT2D eigenvalue weighted by molar-refractivity contribution is -0.135. The molecule has 0 saturated carbocycles. The van der Waals surface area contributed by atoms with E-state index in [0.29, 0.717) is 6.42 Å². The summed E-state index contributed by atoms with van der Waals surface area (Å²) >= 11 is 0. The summed E-state index contributed by atoms with van der Waals surface area (Å²) in [6, 6.07) is 7.68. The van der Waals surface area contributed by atoms with Crippen LogP contribution in [-0.2, 0) is 11.2 Å². The van der Waals surface area contributed by atoms with Crippen molar-refractivity contribution < 1.29 is 18.7 Å². The maximum Gasteiger partial charge on any atom is 0.255 e. The Hall–Kier alpha value is -1.49. The fraction of sp³-hybridized carbons (Fsp3) is 0.533. The number of fused-ring (bicyclic) bond motifs is 1. The van der Waals surface area contributed by atoms with Crippen LogP contribution in [0, 0.1) is 0 Å². The minimum atomic E-state index is -2.58. The van der Waals surface area contributed by atoms with Crippen molar-refractivity contribution in [2.75, 3.05) is 19.7 Å². The Bertz CT molecular complexity index is 465. The summed E-state index contributed by atoms with van der Waals surface area (Å²) in [4.78, 5) is 13.5. The number of aliphatic hydroxyl groups is 1. The highest BCUT2D eigenvalue weighted by atomic mass is 19.3. The van der Waals surface area contributed by atoms with Crippen molar-refractivity contribution in [2.24, 2.45) is 0 Å². The predicted molar refractivity (Wildman–Crippen MR) is 71.8 cm³/mol. The Morgan fingerprint density at radius 3 is 2.85 bits per heavy atom. The Morgan fingerprint density at radius 1 is 1.40 bits per heavy atom. The van der Waals surface area contributed by atoms with E-state index in [2.05, 4.69) is 0 Å². The lowest BCUT2D eigenvalue weighted by atomic mass is 9.82. The van der Waals surface area contributed by atoms with Gasteiger partial charge in [-0.1, -0.05) is 24.3 Å². The molecule has 1 aromatic carbocycles. The molecule has 0 heterocycles. The number of carbonyl (C=O) groups is 1. The van der Waals surface area contributed by atoms with Crippen molar-refractivity contribution in [3.05, 3.63) is 35.4 Å².